The number of imide groups is 1. The number of halogens is 2. The van der Waals surface area contributed by atoms with Crippen LogP contribution in [0.5, 0.6) is 0 Å². The second kappa shape index (κ2) is 3.94. The van der Waals surface area contributed by atoms with Crippen LogP contribution in [0.4, 0.5) is 14.5 Å². The number of benzene rings is 1. The summed E-state index contributed by atoms with van der Waals surface area (Å²) in [7, 11) is 0. The Labute approximate surface area is 106 Å². The van der Waals surface area contributed by atoms with Crippen LogP contribution in [0.25, 0.3) is 0 Å². The zero-order valence-corrected chi connectivity index (χ0v) is 9.43. The number of carbonyl (C=O) groups is 2. The Kier molecular flexibility index (Phi) is 2.38. The Morgan fingerprint density at radius 3 is 1.84 bits per heavy atom. The Bertz CT molecular complexity index is 660. The quantitative estimate of drug-likeness (QED) is 0.738. The van der Waals surface area contributed by atoms with E-state index in [1.807, 2.05) is 0 Å². The third kappa shape index (κ3) is 1.53. The summed E-state index contributed by atoms with van der Waals surface area (Å²) in [5, 5.41) is 0. The van der Waals surface area contributed by atoms with Gasteiger partial charge in [0.05, 0.1) is 23.5 Å². The molecule has 0 saturated heterocycles. The van der Waals surface area contributed by atoms with E-state index in [-0.39, 0.29) is 11.1 Å². The summed E-state index contributed by atoms with van der Waals surface area (Å²) in [6.07, 6.45) is 1.50. The molecule has 0 N–H and O–H groups in total. The molecule has 0 aliphatic carbocycles. The van der Waals surface area contributed by atoms with Gasteiger partial charge in [0.1, 0.15) is 5.69 Å². The fourth-order valence-electron chi connectivity index (χ4n) is 2.01. The molecule has 0 atom stereocenters. The predicted octanol–water partition coefficient (Wildman–Crippen LogP) is 2.16. The smallest absolute Gasteiger partial charge is 0.266 e. The highest BCUT2D eigenvalue weighted by Gasteiger charge is 2.39. The molecule has 0 fully saturated rings. The van der Waals surface area contributed by atoms with Crippen LogP contribution in [-0.2, 0) is 0 Å². The lowest BCUT2D eigenvalue weighted by molar-refractivity contribution is 0.0923. The topological polar surface area (TPSA) is 50.3 Å². The fourth-order valence-corrected chi connectivity index (χ4v) is 2.01. The van der Waals surface area contributed by atoms with E-state index in [0.717, 1.165) is 12.4 Å². The summed E-state index contributed by atoms with van der Waals surface area (Å²) in [6.45, 7) is 0. The molecule has 6 heteroatoms. The minimum Gasteiger partial charge on any atom is -0.268 e. The molecule has 0 unspecified atom stereocenters. The monoisotopic (exact) mass is 260 g/mol. The summed E-state index contributed by atoms with van der Waals surface area (Å²) < 4.78 is 27.2. The lowest BCUT2D eigenvalue weighted by Gasteiger charge is -2.14. The second-order valence-corrected chi connectivity index (χ2v) is 3.94. The van der Waals surface area contributed by atoms with E-state index >= 15 is 0 Å². The van der Waals surface area contributed by atoms with Gasteiger partial charge in [-0.25, -0.2) is 13.7 Å². The van der Waals surface area contributed by atoms with Gasteiger partial charge in [0.25, 0.3) is 11.8 Å². The number of anilines is 1. The number of aromatic nitrogens is 1. The van der Waals surface area contributed by atoms with E-state index in [0.29, 0.717) is 4.90 Å². The van der Waals surface area contributed by atoms with Crippen LogP contribution in [0, 0.1) is 11.6 Å². The fraction of sp³-hybridized carbons (Fsp3) is 0. The first kappa shape index (κ1) is 11.5. The van der Waals surface area contributed by atoms with Gasteiger partial charge >= 0.3 is 0 Å². The SMILES string of the molecule is O=C1c2ccccc2C(=O)N1c1c(F)cncc1F. The molecule has 1 aliphatic rings. The molecule has 19 heavy (non-hydrogen) atoms. The van der Waals surface area contributed by atoms with Crippen molar-refractivity contribution >= 4 is 17.5 Å². The number of rotatable bonds is 1. The van der Waals surface area contributed by atoms with Crippen LogP contribution in [0.15, 0.2) is 36.7 Å². The van der Waals surface area contributed by atoms with Crippen LogP contribution in [0.3, 0.4) is 0 Å². The van der Waals surface area contributed by atoms with Crippen LogP contribution in [-0.4, -0.2) is 16.8 Å². The maximum Gasteiger partial charge on any atom is 0.266 e. The van der Waals surface area contributed by atoms with Gasteiger partial charge in [-0.3, -0.25) is 14.6 Å². The van der Waals surface area contributed by atoms with Crippen molar-refractivity contribution in [2.75, 3.05) is 4.90 Å². The van der Waals surface area contributed by atoms with Gasteiger partial charge in [0, 0.05) is 0 Å². The van der Waals surface area contributed by atoms with Crippen molar-refractivity contribution < 1.29 is 18.4 Å². The molecule has 3 rings (SSSR count). The van der Waals surface area contributed by atoms with Crippen molar-refractivity contribution in [3.05, 3.63) is 59.4 Å². The van der Waals surface area contributed by atoms with E-state index in [4.69, 9.17) is 0 Å². The Morgan fingerprint density at radius 1 is 0.895 bits per heavy atom. The average molecular weight is 260 g/mol. The molecule has 0 bridgehead atoms. The van der Waals surface area contributed by atoms with Gasteiger partial charge in [0.2, 0.25) is 0 Å². The highest BCUT2D eigenvalue weighted by Crippen LogP contribution is 2.31. The van der Waals surface area contributed by atoms with Crippen molar-refractivity contribution in [2.24, 2.45) is 0 Å². The lowest BCUT2D eigenvalue weighted by Crippen LogP contribution is -2.31. The van der Waals surface area contributed by atoms with Gasteiger partial charge in [-0.2, -0.15) is 0 Å². The molecular formula is C13H6F2N2O2. The third-order valence-electron chi connectivity index (χ3n) is 2.85. The number of pyridine rings is 1. The summed E-state index contributed by atoms with van der Waals surface area (Å²) in [5.41, 5.74) is -0.438. The van der Waals surface area contributed by atoms with E-state index in [1.165, 1.54) is 12.1 Å². The molecular weight excluding hydrogens is 254 g/mol. The maximum atomic E-state index is 13.6. The minimum absolute atomic E-state index is 0.128. The zero-order valence-electron chi connectivity index (χ0n) is 9.43. The van der Waals surface area contributed by atoms with Crippen molar-refractivity contribution in [1.82, 2.24) is 4.98 Å². The number of hydrogen-bond acceptors (Lipinski definition) is 3. The van der Waals surface area contributed by atoms with E-state index in [2.05, 4.69) is 4.98 Å². The van der Waals surface area contributed by atoms with Crippen molar-refractivity contribution in [3.63, 3.8) is 0 Å². The van der Waals surface area contributed by atoms with Crippen LogP contribution < -0.4 is 4.90 Å². The summed E-state index contributed by atoms with van der Waals surface area (Å²) in [5.74, 6) is -3.61. The van der Waals surface area contributed by atoms with E-state index in [9.17, 15) is 18.4 Å². The molecule has 0 saturated carbocycles. The summed E-state index contributed by atoms with van der Waals surface area (Å²) in [4.78, 5) is 27.9. The molecule has 2 aromatic rings. The van der Waals surface area contributed by atoms with Crippen LogP contribution in [0.1, 0.15) is 20.7 Å². The maximum absolute atomic E-state index is 13.6. The number of fused-ring (bicyclic) bond motifs is 1. The lowest BCUT2D eigenvalue weighted by atomic mass is 10.1. The normalized spacial score (nSPS) is 13.9. The predicted molar refractivity (Wildman–Crippen MR) is 61.7 cm³/mol. The van der Waals surface area contributed by atoms with Gasteiger partial charge in [-0.05, 0) is 12.1 Å². The van der Waals surface area contributed by atoms with Gasteiger partial charge < -0.3 is 0 Å². The van der Waals surface area contributed by atoms with Gasteiger partial charge in [-0.15, -0.1) is 0 Å². The number of nitrogens with zero attached hydrogens (tertiary/aromatic N) is 2. The Morgan fingerprint density at radius 2 is 1.37 bits per heavy atom. The number of carbonyl (C=O) groups excluding carboxylic acids is 2. The first-order valence-corrected chi connectivity index (χ1v) is 5.38. The third-order valence-corrected chi connectivity index (χ3v) is 2.85. The first-order chi connectivity index (χ1) is 9.11. The molecule has 2 amide bonds. The van der Waals surface area contributed by atoms with Crippen LogP contribution >= 0.6 is 0 Å². The molecule has 0 spiro atoms. The van der Waals surface area contributed by atoms with E-state index < -0.39 is 29.1 Å². The van der Waals surface area contributed by atoms with Gasteiger partial charge in [-0.1, -0.05) is 12.1 Å². The second-order valence-electron chi connectivity index (χ2n) is 3.94. The molecule has 1 aromatic heterocycles. The molecule has 2 heterocycles. The first-order valence-electron chi connectivity index (χ1n) is 5.38. The van der Waals surface area contributed by atoms with Crippen LogP contribution in [0.2, 0.25) is 0 Å². The van der Waals surface area contributed by atoms with Crippen molar-refractivity contribution in [1.29, 1.82) is 0 Å². The molecule has 1 aromatic carbocycles. The van der Waals surface area contributed by atoms with Crippen molar-refractivity contribution in [3.8, 4) is 0 Å². The summed E-state index contributed by atoms with van der Waals surface area (Å²) >= 11 is 0. The number of amides is 2. The van der Waals surface area contributed by atoms with Gasteiger partial charge in [0.15, 0.2) is 11.6 Å². The molecule has 1 aliphatic heterocycles. The highest BCUT2D eigenvalue weighted by molar-refractivity contribution is 6.34. The largest absolute Gasteiger partial charge is 0.268 e. The Balaban J connectivity index is 2.20. The van der Waals surface area contributed by atoms with E-state index in [1.54, 1.807) is 12.1 Å². The highest BCUT2D eigenvalue weighted by atomic mass is 19.1. The zero-order chi connectivity index (χ0) is 13.6. The average Bonchev–Trinajstić information content (AvgIpc) is 2.64. The standard InChI is InChI=1S/C13H6F2N2O2/c14-9-5-16-6-10(15)11(9)17-12(18)7-3-1-2-4-8(7)13(17)19/h1-6H. The molecule has 0 radical (unpaired) electrons. The number of hydrogen-bond donors (Lipinski definition) is 0. The Hall–Kier alpha value is -2.63. The van der Waals surface area contributed by atoms with Crippen molar-refractivity contribution in [2.45, 2.75) is 0 Å². The summed E-state index contributed by atoms with van der Waals surface area (Å²) in [6, 6.07) is 6.03. The minimum atomic E-state index is -1.06. The molecule has 94 valence electrons. The molecule has 4 nitrogen and oxygen atoms in total.